The smallest absolute Gasteiger partial charge is 0.327 e. The Labute approximate surface area is 151 Å². The van der Waals surface area contributed by atoms with E-state index in [1.807, 2.05) is 20.8 Å². The van der Waals surface area contributed by atoms with Crippen LogP contribution in [0.2, 0.25) is 0 Å². The molecule has 0 aliphatic carbocycles. The van der Waals surface area contributed by atoms with E-state index in [1.54, 1.807) is 24.3 Å². The Balaban J connectivity index is 2.20. The van der Waals surface area contributed by atoms with Crippen LogP contribution >= 0.6 is 0 Å². The number of aliphatic carboxylic acids is 1. The number of nitrogens with one attached hydrogen (secondary N) is 1. The van der Waals surface area contributed by atoms with E-state index >= 15 is 0 Å². The van der Waals surface area contributed by atoms with Gasteiger partial charge in [-0.05, 0) is 29.5 Å². The van der Waals surface area contributed by atoms with Crippen LogP contribution in [0, 0.1) is 5.41 Å². The maximum absolute atomic E-state index is 12.7. The highest BCUT2D eigenvalue weighted by Crippen LogP contribution is 2.30. The maximum Gasteiger partial charge on any atom is 0.327 e. The summed E-state index contributed by atoms with van der Waals surface area (Å²) in [6.07, 6.45) is 0.155. The summed E-state index contributed by atoms with van der Waals surface area (Å²) in [4.78, 5) is 37.4. The Kier molecular flexibility index (Phi) is 5.86. The maximum atomic E-state index is 12.7. The number of hydrogen-bond donors (Lipinski definition) is 3. The largest absolute Gasteiger partial charge is 0.491 e. The summed E-state index contributed by atoms with van der Waals surface area (Å²) in [6.45, 7) is 5.59. The fraction of sp³-hybridized carbons (Fsp3) is 0.500. The van der Waals surface area contributed by atoms with E-state index in [9.17, 15) is 19.5 Å². The number of carboxylic acids is 1. The molecule has 1 aromatic rings. The van der Waals surface area contributed by atoms with Crippen LogP contribution in [-0.2, 0) is 9.59 Å². The third kappa shape index (κ3) is 4.51. The zero-order chi connectivity index (χ0) is 19.5. The molecule has 0 unspecified atom stereocenters. The van der Waals surface area contributed by atoms with Gasteiger partial charge in [0.2, 0.25) is 0 Å². The van der Waals surface area contributed by atoms with Crippen molar-refractivity contribution >= 4 is 17.9 Å². The molecule has 1 fully saturated rings. The predicted octanol–water partition coefficient (Wildman–Crippen LogP) is 1.54. The first-order valence-electron chi connectivity index (χ1n) is 8.34. The second-order valence-electron chi connectivity index (χ2n) is 7.35. The third-order valence-electron chi connectivity index (χ3n) is 3.95. The van der Waals surface area contributed by atoms with Gasteiger partial charge in [-0.3, -0.25) is 4.79 Å². The SMILES string of the molecule is CC(C)(C)C[C@@H](C(=O)O)N1C(=O)N[C@H](c2ccc(OCCO)cc2)C1=O. The number of carboxylic acid groups (broad SMARTS) is 1. The van der Waals surface area contributed by atoms with Gasteiger partial charge < -0.3 is 20.3 Å². The van der Waals surface area contributed by atoms with Gasteiger partial charge in [0.25, 0.3) is 5.91 Å². The van der Waals surface area contributed by atoms with Crippen molar-refractivity contribution in [3.8, 4) is 5.75 Å². The van der Waals surface area contributed by atoms with Gasteiger partial charge in [0.05, 0.1) is 6.61 Å². The number of urea groups is 1. The summed E-state index contributed by atoms with van der Waals surface area (Å²) in [6, 6.07) is 3.62. The Morgan fingerprint density at radius 1 is 1.27 bits per heavy atom. The van der Waals surface area contributed by atoms with Crippen LogP contribution in [0.15, 0.2) is 24.3 Å². The number of rotatable bonds is 7. The topological polar surface area (TPSA) is 116 Å². The van der Waals surface area contributed by atoms with E-state index in [-0.39, 0.29) is 25.0 Å². The number of amides is 3. The molecule has 2 atom stereocenters. The molecule has 0 aromatic heterocycles. The van der Waals surface area contributed by atoms with Crippen LogP contribution < -0.4 is 10.1 Å². The summed E-state index contributed by atoms with van der Waals surface area (Å²) in [5, 5.41) is 20.8. The molecule has 8 nitrogen and oxygen atoms in total. The number of carbonyl (C=O) groups is 3. The monoisotopic (exact) mass is 364 g/mol. The van der Waals surface area contributed by atoms with Crippen LogP contribution in [0.1, 0.15) is 38.8 Å². The first kappa shape index (κ1) is 19.7. The molecule has 0 radical (unpaired) electrons. The Bertz CT molecular complexity index is 680. The molecule has 0 spiro atoms. The number of aliphatic hydroxyl groups excluding tert-OH is 1. The number of imide groups is 1. The van der Waals surface area contributed by atoms with Crippen molar-refractivity contribution in [3.05, 3.63) is 29.8 Å². The number of benzene rings is 1. The fourth-order valence-electron chi connectivity index (χ4n) is 2.80. The van der Waals surface area contributed by atoms with Crippen LogP contribution in [-0.4, -0.2) is 52.3 Å². The Morgan fingerprint density at radius 3 is 2.38 bits per heavy atom. The van der Waals surface area contributed by atoms with Crippen LogP contribution in [0.25, 0.3) is 0 Å². The minimum absolute atomic E-state index is 0.113. The minimum Gasteiger partial charge on any atom is -0.491 e. The van der Waals surface area contributed by atoms with Crippen molar-refractivity contribution in [2.24, 2.45) is 5.41 Å². The summed E-state index contributed by atoms with van der Waals surface area (Å²) in [5.74, 6) is -1.28. The number of nitrogens with zero attached hydrogens (tertiary/aromatic N) is 1. The van der Waals surface area contributed by atoms with Gasteiger partial charge in [0.1, 0.15) is 24.4 Å². The van der Waals surface area contributed by atoms with Crippen LogP contribution in [0.3, 0.4) is 0 Å². The number of hydrogen-bond acceptors (Lipinski definition) is 5. The average molecular weight is 364 g/mol. The molecule has 0 bridgehead atoms. The van der Waals surface area contributed by atoms with Crippen molar-refractivity contribution in [2.45, 2.75) is 39.3 Å². The molecule has 8 heteroatoms. The van der Waals surface area contributed by atoms with Crippen molar-refractivity contribution in [1.82, 2.24) is 10.2 Å². The van der Waals surface area contributed by atoms with Gasteiger partial charge in [-0.25, -0.2) is 14.5 Å². The summed E-state index contributed by atoms with van der Waals surface area (Å²) in [7, 11) is 0. The lowest BCUT2D eigenvalue weighted by molar-refractivity contribution is -0.148. The van der Waals surface area contributed by atoms with Crippen LogP contribution in [0.5, 0.6) is 5.75 Å². The summed E-state index contributed by atoms with van der Waals surface area (Å²) >= 11 is 0. The molecule has 142 valence electrons. The molecule has 1 aliphatic heterocycles. The molecule has 2 rings (SSSR count). The number of aliphatic hydroxyl groups is 1. The summed E-state index contributed by atoms with van der Waals surface area (Å²) in [5.41, 5.74) is 0.162. The van der Waals surface area contributed by atoms with Gasteiger partial charge >= 0.3 is 12.0 Å². The number of carbonyl (C=O) groups excluding carboxylic acids is 2. The van der Waals surface area contributed by atoms with E-state index < -0.39 is 30.0 Å². The molecule has 26 heavy (non-hydrogen) atoms. The molecular weight excluding hydrogens is 340 g/mol. The van der Waals surface area contributed by atoms with Gasteiger partial charge in [-0.1, -0.05) is 32.9 Å². The second-order valence-corrected chi connectivity index (χ2v) is 7.35. The summed E-state index contributed by atoms with van der Waals surface area (Å²) < 4.78 is 5.26. The highest BCUT2D eigenvalue weighted by molar-refractivity contribution is 6.07. The molecule has 3 amide bonds. The highest BCUT2D eigenvalue weighted by atomic mass is 16.5. The van der Waals surface area contributed by atoms with Crippen molar-refractivity contribution < 1.29 is 29.3 Å². The standard InChI is InChI=1S/C18H24N2O6/c1-18(2,3)10-13(16(23)24)20-15(22)14(19-17(20)25)11-4-6-12(7-5-11)26-9-8-21/h4-7,13-14,21H,8-10H2,1-3H3,(H,19,25)(H,23,24)/t13-,14+/m0/s1. The van der Waals surface area contributed by atoms with Gasteiger partial charge in [-0.2, -0.15) is 0 Å². The quantitative estimate of drug-likeness (QED) is 0.632. The van der Waals surface area contributed by atoms with E-state index in [2.05, 4.69) is 5.32 Å². The van der Waals surface area contributed by atoms with Crippen molar-refractivity contribution in [2.75, 3.05) is 13.2 Å². The van der Waals surface area contributed by atoms with Gasteiger partial charge in [0, 0.05) is 0 Å². The molecule has 3 N–H and O–H groups in total. The average Bonchev–Trinajstić information content (AvgIpc) is 2.85. The normalized spacial score (nSPS) is 18.6. The Hall–Kier alpha value is -2.61. The zero-order valence-electron chi connectivity index (χ0n) is 15.1. The lowest BCUT2D eigenvalue weighted by Gasteiger charge is -2.28. The van der Waals surface area contributed by atoms with Crippen LogP contribution in [0.4, 0.5) is 4.79 Å². The van der Waals surface area contributed by atoms with Crippen molar-refractivity contribution in [1.29, 1.82) is 0 Å². The molecular formula is C18H24N2O6. The molecule has 1 saturated heterocycles. The molecule has 1 heterocycles. The second kappa shape index (κ2) is 7.74. The molecule has 1 aromatic carbocycles. The van der Waals surface area contributed by atoms with Crippen molar-refractivity contribution in [3.63, 3.8) is 0 Å². The first-order valence-corrected chi connectivity index (χ1v) is 8.34. The van der Waals surface area contributed by atoms with Gasteiger partial charge in [0.15, 0.2) is 0 Å². The number of ether oxygens (including phenoxy) is 1. The Morgan fingerprint density at radius 2 is 1.88 bits per heavy atom. The lowest BCUT2D eigenvalue weighted by atomic mass is 9.87. The highest BCUT2D eigenvalue weighted by Gasteiger charge is 2.46. The first-order chi connectivity index (χ1) is 12.1. The van der Waals surface area contributed by atoms with E-state index in [1.165, 1.54) is 0 Å². The predicted molar refractivity (Wildman–Crippen MR) is 92.6 cm³/mol. The fourth-order valence-corrected chi connectivity index (χ4v) is 2.80. The third-order valence-corrected chi connectivity index (χ3v) is 3.95. The van der Waals surface area contributed by atoms with E-state index in [4.69, 9.17) is 9.84 Å². The van der Waals surface area contributed by atoms with E-state index in [0.29, 0.717) is 11.3 Å². The molecule has 1 aliphatic rings. The molecule has 0 saturated carbocycles. The minimum atomic E-state index is -1.22. The lowest BCUT2D eigenvalue weighted by Crippen LogP contribution is -2.47. The van der Waals surface area contributed by atoms with Gasteiger partial charge in [-0.15, -0.1) is 0 Å². The van der Waals surface area contributed by atoms with E-state index in [0.717, 1.165) is 4.90 Å². The zero-order valence-corrected chi connectivity index (χ0v) is 15.1.